The molecule has 0 unspecified atom stereocenters. The van der Waals surface area contributed by atoms with E-state index in [-0.39, 0.29) is 0 Å². The fourth-order valence-corrected chi connectivity index (χ4v) is 2.77. The van der Waals surface area contributed by atoms with Crippen LogP contribution in [0.25, 0.3) is 0 Å². The monoisotopic (exact) mass is 352 g/mol. The van der Waals surface area contributed by atoms with Crippen molar-refractivity contribution >= 4 is 0 Å². The van der Waals surface area contributed by atoms with Crippen LogP contribution in [0.15, 0.2) is 0 Å². The van der Waals surface area contributed by atoms with Crippen molar-refractivity contribution in [2.75, 3.05) is 39.6 Å². The summed E-state index contributed by atoms with van der Waals surface area (Å²) in [6.45, 7) is 2.74. The summed E-state index contributed by atoms with van der Waals surface area (Å²) in [5, 5.41) is 0. The van der Waals surface area contributed by atoms with E-state index in [0.29, 0.717) is 39.6 Å². The Labute approximate surface area is 160 Å². The molecule has 0 aliphatic heterocycles. The maximum absolute atomic E-state index is 6.54. The SMILES string of the molecule is NC(COC[C]1[CH][CH][CH][CH]1)(COC[C]1[CH][CH][CH][CH]1)COC[C]1[CH][CH][CH][CH]1. The van der Waals surface area contributed by atoms with Gasteiger partial charge in [-0.25, -0.2) is 0 Å². The van der Waals surface area contributed by atoms with E-state index in [1.807, 2.05) is 77.0 Å². The summed E-state index contributed by atoms with van der Waals surface area (Å²) in [6, 6.07) is 0. The van der Waals surface area contributed by atoms with Crippen molar-refractivity contribution in [3.05, 3.63) is 94.8 Å². The Morgan fingerprint density at radius 1 is 0.538 bits per heavy atom. The second kappa shape index (κ2) is 11.0. The molecule has 3 rings (SSSR count). The van der Waals surface area contributed by atoms with Crippen LogP contribution >= 0.6 is 0 Å². The van der Waals surface area contributed by atoms with Gasteiger partial charge in [0.15, 0.2) is 0 Å². The molecule has 0 bridgehead atoms. The Hall–Kier alpha value is -0.160. The first kappa shape index (κ1) is 20.6. The summed E-state index contributed by atoms with van der Waals surface area (Å²) in [4.78, 5) is 0. The predicted molar refractivity (Wildman–Crippen MR) is 101 cm³/mol. The van der Waals surface area contributed by atoms with Crippen molar-refractivity contribution in [1.82, 2.24) is 0 Å². The van der Waals surface area contributed by atoms with Gasteiger partial charge in [0.05, 0.1) is 45.2 Å². The molecule has 26 heavy (non-hydrogen) atoms. The summed E-state index contributed by atoms with van der Waals surface area (Å²) < 4.78 is 17.5. The standard InChI is InChI=1S/C22H26NO3/c23-22(16-24-13-19-7-1-2-8-19,17-25-14-20-9-3-4-10-20)18-26-15-21-11-5-6-12-21/h1-12H,13-18,23H2. The Bertz CT molecular complexity index is 317. The molecule has 137 valence electrons. The highest BCUT2D eigenvalue weighted by atomic mass is 16.5. The maximum Gasteiger partial charge on any atom is 0.0865 e. The fraction of sp³-hybridized carbons (Fsp3) is 0.318. The molecule has 0 aromatic rings. The number of rotatable bonds is 12. The van der Waals surface area contributed by atoms with Gasteiger partial charge in [-0.3, -0.25) is 0 Å². The van der Waals surface area contributed by atoms with Crippen LogP contribution in [-0.4, -0.2) is 45.2 Å². The average Bonchev–Trinajstić information content (AvgIpc) is 3.39. The van der Waals surface area contributed by atoms with Gasteiger partial charge in [0.25, 0.3) is 0 Å². The minimum absolute atomic E-state index is 0.375. The quantitative estimate of drug-likeness (QED) is 0.583. The molecular weight excluding hydrogens is 326 g/mol. The van der Waals surface area contributed by atoms with Gasteiger partial charge in [-0.2, -0.15) is 0 Å². The lowest BCUT2D eigenvalue weighted by molar-refractivity contribution is -0.0146. The van der Waals surface area contributed by atoms with Crippen molar-refractivity contribution in [2.45, 2.75) is 5.54 Å². The van der Waals surface area contributed by atoms with Gasteiger partial charge in [0, 0.05) is 17.8 Å². The molecule has 15 radical (unpaired) electrons. The Balaban J connectivity index is 1.38. The number of ether oxygens (including phenoxy) is 3. The molecular formula is C22H26NO3. The second-order valence-corrected chi connectivity index (χ2v) is 6.72. The lowest BCUT2D eigenvalue weighted by Crippen LogP contribution is -2.53. The minimum atomic E-state index is -0.689. The van der Waals surface area contributed by atoms with Crippen molar-refractivity contribution in [3.8, 4) is 0 Å². The third-order valence-corrected chi connectivity index (χ3v) is 4.17. The molecule has 4 heteroatoms. The van der Waals surface area contributed by atoms with Crippen LogP contribution in [0.3, 0.4) is 0 Å². The lowest BCUT2D eigenvalue weighted by atomic mass is 10.0. The Kier molecular flexibility index (Phi) is 8.70. The maximum atomic E-state index is 6.54. The fourth-order valence-electron chi connectivity index (χ4n) is 2.77. The van der Waals surface area contributed by atoms with E-state index < -0.39 is 5.54 Å². The van der Waals surface area contributed by atoms with Crippen LogP contribution in [0, 0.1) is 94.8 Å². The van der Waals surface area contributed by atoms with Gasteiger partial charge in [0.1, 0.15) is 0 Å². The predicted octanol–water partition coefficient (Wildman–Crippen LogP) is 1.95. The van der Waals surface area contributed by atoms with E-state index >= 15 is 0 Å². The van der Waals surface area contributed by atoms with E-state index in [9.17, 15) is 0 Å². The van der Waals surface area contributed by atoms with Crippen LogP contribution in [0.2, 0.25) is 0 Å². The molecule has 0 atom stereocenters. The molecule has 3 aliphatic rings. The van der Waals surface area contributed by atoms with Crippen LogP contribution < -0.4 is 5.73 Å². The summed E-state index contributed by atoms with van der Waals surface area (Å²) in [6.07, 6.45) is 24.2. The zero-order valence-electron chi connectivity index (χ0n) is 15.0. The van der Waals surface area contributed by atoms with E-state index in [0.717, 1.165) is 17.8 Å². The summed E-state index contributed by atoms with van der Waals surface area (Å²) in [5.41, 5.74) is 5.85. The van der Waals surface area contributed by atoms with Crippen molar-refractivity contribution in [3.63, 3.8) is 0 Å². The molecule has 3 aliphatic carbocycles. The van der Waals surface area contributed by atoms with Crippen LogP contribution in [0.1, 0.15) is 0 Å². The highest BCUT2D eigenvalue weighted by Gasteiger charge is 2.29. The largest absolute Gasteiger partial charge is 0.379 e. The number of nitrogens with two attached hydrogens (primary N) is 1. The van der Waals surface area contributed by atoms with E-state index in [1.54, 1.807) is 0 Å². The van der Waals surface area contributed by atoms with Crippen molar-refractivity contribution < 1.29 is 14.2 Å². The molecule has 3 fully saturated rings. The molecule has 0 aromatic heterocycles. The van der Waals surface area contributed by atoms with Gasteiger partial charge in [0.2, 0.25) is 0 Å². The van der Waals surface area contributed by atoms with Gasteiger partial charge in [-0.1, -0.05) is 0 Å². The molecule has 0 saturated heterocycles. The highest BCUT2D eigenvalue weighted by Crippen LogP contribution is 2.25. The first-order valence-corrected chi connectivity index (χ1v) is 8.87. The smallest absolute Gasteiger partial charge is 0.0865 e. The summed E-state index contributed by atoms with van der Waals surface area (Å²) in [5.74, 6) is 3.42. The van der Waals surface area contributed by atoms with Gasteiger partial charge in [-0.05, 0) is 77.0 Å². The molecule has 0 heterocycles. The first-order chi connectivity index (χ1) is 12.7. The number of hydrogen-bond donors (Lipinski definition) is 1. The van der Waals surface area contributed by atoms with Gasteiger partial charge >= 0.3 is 0 Å². The molecule has 3 saturated carbocycles. The third kappa shape index (κ3) is 7.10. The zero-order valence-corrected chi connectivity index (χ0v) is 15.0. The molecule has 0 spiro atoms. The van der Waals surface area contributed by atoms with Crippen molar-refractivity contribution in [2.24, 2.45) is 5.73 Å². The zero-order chi connectivity index (χ0) is 18.1. The van der Waals surface area contributed by atoms with Crippen LogP contribution in [0.5, 0.6) is 0 Å². The van der Waals surface area contributed by atoms with Crippen molar-refractivity contribution in [1.29, 1.82) is 0 Å². The lowest BCUT2D eigenvalue weighted by Gasteiger charge is -2.30. The van der Waals surface area contributed by atoms with Crippen LogP contribution in [0.4, 0.5) is 0 Å². The van der Waals surface area contributed by atoms with E-state index in [4.69, 9.17) is 19.9 Å². The first-order valence-electron chi connectivity index (χ1n) is 8.87. The van der Waals surface area contributed by atoms with Gasteiger partial charge in [-0.15, -0.1) is 0 Å². The van der Waals surface area contributed by atoms with E-state index in [2.05, 4.69) is 0 Å². The normalized spacial score (nSPS) is 23.4. The average molecular weight is 352 g/mol. The van der Waals surface area contributed by atoms with E-state index in [1.165, 1.54) is 0 Å². The summed E-state index contributed by atoms with van der Waals surface area (Å²) in [7, 11) is 0. The Morgan fingerprint density at radius 2 is 0.808 bits per heavy atom. The highest BCUT2D eigenvalue weighted by molar-refractivity contribution is 5.36. The summed E-state index contributed by atoms with van der Waals surface area (Å²) >= 11 is 0. The molecule has 4 nitrogen and oxygen atoms in total. The molecule has 0 amide bonds. The topological polar surface area (TPSA) is 53.7 Å². The number of hydrogen-bond acceptors (Lipinski definition) is 4. The van der Waals surface area contributed by atoms with Crippen LogP contribution in [-0.2, 0) is 14.2 Å². The second-order valence-electron chi connectivity index (χ2n) is 6.72. The third-order valence-electron chi connectivity index (χ3n) is 4.17. The minimum Gasteiger partial charge on any atom is -0.379 e. The molecule has 0 aromatic carbocycles. The van der Waals surface area contributed by atoms with Gasteiger partial charge < -0.3 is 19.9 Å². The Morgan fingerprint density at radius 3 is 1.08 bits per heavy atom. The molecule has 2 N–H and O–H groups in total.